The van der Waals surface area contributed by atoms with E-state index in [1.165, 1.54) is 0 Å². The Hall–Kier alpha value is 3.12. The Morgan fingerprint density at radius 3 is 0.667 bits per heavy atom. The van der Waals surface area contributed by atoms with E-state index < -0.39 is 62.6 Å². The van der Waals surface area contributed by atoms with Gasteiger partial charge in [0.05, 0.1) is 7.82 Å². The maximum absolute atomic E-state index is 10.7. The minimum atomic E-state index is -6.04. The smallest absolute Gasteiger partial charge is 0.789 e. The fourth-order valence-electron chi connectivity index (χ4n) is 0.850. The quantitative estimate of drug-likeness (QED) is 0.0661. The Kier molecular flexibility index (Phi) is 20.6. The van der Waals surface area contributed by atoms with Crippen LogP contribution in [0.2, 0.25) is 0 Å². The second-order valence-electron chi connectivity index (χ2n) is 4.28. The third-order valence-corrected chi connectivity index (χ3v) is 11.2. The third-order valence-electron chi connectivity index (χ3n) is 1.24. The van der Waals surface area contributed by atoms with Gasteiger partial charge in [-0.2, -0.15) is 21.6 Å². The molecule has 0 aromatic carbocycles. The number of hydrogen-bond donors (Lipinski definition) is 10. The molecule has 0 aromatic heterocycles. The monoisotopic (exact) mass is 720 g/mol. The number of phosphoric acid groups is 8. The molecule has 208 valence electrons. The van der Waals surface area contributed by atoms with E-state index in [4.69, 9.17) is 48.9 Å². The van der Waals surface area contributed by atoms with Gasteiger partial charge in [-0.05, 0) is 0 Å². The molecule has 4 unspecified atom stereocenters. The van der Waals surface area contributed by atoms with Crippen molar-refractivity contribution in [1.82, 2.24) is 0 Å². The summed E-state index contributed by atoms with van der Waals surface area (Å²) in [5, 5.41) is 0. The van der Waals surface area contributed by atoms with Crippen molar-refractivity contribution in [3.63, 3.8) is 0 Å². The van der Waals surface area contributed by atoms with E-state index >= 15 is 0 Å². The predicted octanol–water partition coefficient (Wildman–Crippen LogP) is -8.41. The zero-order valence-electron chi connectivity index (χ0n) is 16.6. The molecule has 0 spiro atoms. The molecule has 0 aliphatic carbocycles. The van der Waals surface area contributed by atoms with E-state index in [0.29, 0.717) is 0 Å². The van der Waals surface area contributed by atoms with Gasteiger partial charge in [-0.1, -0.05) is 0 Å². The Morgan fingerprint density at radius 2 is 0.528 bits per heavy atom. The van der Waals surface area contributed by atoms with Crippen LogP contribution >= 0.6 is 62.6 Å². The normalized spacial score (nSPS) is 19.4. The molecule has 36 heteroatoms. The molecule has 0 heterocycles. The van der Waals surface area contributed by atoms with E-state index in [-0.39, 0.29) is 59.1 Å². The van der Waals surface area contributed by atoms with Gasteiger partial charge in [0, 0.05) is 0 Å². The molecule has 0 bridgehead atoms. The first-order chi connectivity index (χ1) is 14.2. The molecule has 10 N–H and O–H groups in total. The minimum Gasteiger partial charge on any atom is -0.789 e. The Labute approximate surface area is 241 Å². The number of rotatable bonds is 12. The van der Waals surface area contributed by atoms with Gasteiger partial charge in [0.25, 0.3) is 0 Å². The van der Waals surface area contributed by atoms with Gasteiger partial charge in [0.1, 0.15) is 0 Å². The molecule has 26 nitrogen and oxygen atoms in total. The molecule has 0 saturated carbocycles. The zero-order valence-corrected chi connectivity index (χ0v) is 27.7. The van der Waals surface area contributed by atoms with Crippen molar-refractivity contribution >= 4 is 62.6 Å². The fourth-order valence-corrected chi connectivity index (χ4v) is 8.72. The molecule has 0 aromatic rings. The molecule has 0 fully saturated rings. The van der Waals surface area contributed by atoms with Crippen LogP contribution in [0.5, 0.6) is 0 Å². The molecule has 4 atom stereocenters. The van der Waals surface area contributed by atoms with Gasteiger partial charge in [0.15, 0.2) is 0 Å². The SMILES string of the molecule is O=P(O)(O)OP(=O)(O)OP(=O)(O)OP(=O)(O)O.O=P([O-])([O-])OP(=O)(O)OP(=O)(O)OP(=O)(O)O.[Na+].[Na+]. The second-order valence-corrected chi connectivity index (χ2v) is 15.8. The van der Waals surface area contributed by atoms with Crippen LogP contribution in [0.15, 0.2) is 0 Å². The summed E-state index contributed by atoms with van der Waals surface area (Å²) in [7, 11) is -46.0. The van der Waals surface area contributed by atoms with Gasteiger partial charge in [-0.15, -0.1) is 0 Å². The summed E-state index contributed by atoms with van der Waals surface area (Å²) in [6, 6.07) is 0. The molecule has 0 amide bonds. The Morgan fingerprint density at radius 1 is 0.361 bits per heavy atom. The first-order valence-corrected chi connectivity index (χ1v) is 18.0. The maximum Gasteiger partial charge on any atom is 1.00 e. The predicted molar refractivity (Wildman–Crippen MR) is 89.5 cm³/mol. The van der Waals surface area contributed by atoms with E-state index in [1.807, 2.05) is 0 Å². The Bertz CT molecular complexity index is 901. The van der Waals surface area contributed by atoms with Crippen molar-refractivity contribution in [1.29, 1.82) is 0 Å². The molecule has 0 aliphatic rings. The molecule has 36 heavy (non-hydrogen) atoms. The summed E-state index contributed by atoms with van der Waals surface area (Å²) >= 11 is 0. The molecule has 0 saturated heterocycles. The van der Waals surface area contributed by atoms with E-state index in [1.54, 1.807) is 0 Å². The van der Waals surface area contributed by atoms with Crippen LogP contribution in [0.1, 0.15) is 0 Å². The molecule has 0 radical (unpaired) electrons. The standard InChI is InChI=1S/2Na.2H6O13P4/c;;2*1-14(2,3)11-16(7,8)13-17(9,10)12-15(4,5)6/h;;2*(H,7,8)(H,9,10)(H2,1,2,3)(H2,4,5,6)/q2*+1;;/p-2. The van der Waals surface area contributed by atoms with Crippen LogP contribution in [-0.2, 0) is 62.4 Å². The van der Waals surface area contributed by atoms with E-state index in [0.717, 1.165) is 0 Å². The van der Waals surface area contributed by atoms with Crippen molar-refractivity contribution in [2.75, 3.05) is 0 Å². The molecular formula is H10Na2O26P8. The topological polar surface area (TPSA) is 440 Å². The van der Waals surface area contributed by atoms with Crippen LogP contribution in [0, 0.1) is 0 Å². The van der Waals surface area contributed by atoms with Crippen LogP contribution in [0.3, 0.4) is 0 Å². The van der Waals surface area contributed by atoms with Crippen molar-refractivity contribution in [3.05, 3.63) is 0 Å². The summed E-state index contributed by atoms with van der Waals surface area (Å²) in [4.78, 5) is 102. The van der Waals surface area contributed by atoms with Gasteiger partial charge in [0.2, 0.25) is 0 Å². The Balaban J connectivity index is -0.000000269. The summed E-state index contributed by atoms with van der Waals surface area (Å²) in [5.74, 6) is 0. The minimum absolute atomic E-state index is 0. The molecular weight excluding hydrogens is 710 g/mol. The van der Waals surface area contributed by atoms with Crippen molar-refractivity contribution in [3.8, 4) is 0 Å². The first kappa shape index (κ1) is 46.1. The summed E-state index contributed by atoms with van der Waals surface area (Å²) in [6.07, 6.45) is 0. The van der Waals surface area contributed by atoms with Gasteiger partial charge < -0.3 is 63.3 Å². The second kappa shape index (κ2) is 16.1. The summed E-state index contributed by atoms with van der Waals surface area (Å²) in [5.41, 5.74) is 0. The first-order valence-electron chi connectivity index (χ1n) is 6.02. The summed E-state index contributed by atoms with van der Waals surface area (Å²) in [6.45, 7) is 0. The van der Waals surface area contributed by atoms with Crippen LogP contribution < -0.4 is 68.9 Å². The van der Waals surface area contributed by atoms with Gasteiger partial charge >= 0.3 is 114 Å². The van der Waals surface area contributed by atoms with Crippen LogP contribution in [-0.4, -0.2) is 48.9 Å². The maximum atomic E-state index is 10.7. The third kappa shape index (κ3) is 31.6. The van der Waals surface area contributed by atoms with E-state index in [2.05, 4.69) is 25.9 Å². The van der Waals surface area contributed by atoms with Crippen LogP contribution in [0.25, 0.3) is 0 Å². The van der Waals surface area contributed by atoms with Crippen molar-refractivity contribution < 1.29 is 180 Å². The average Bonchev–Trinajstić information content (AvgIpc) is 2.20. The van der Waals surface area contributed by atoms with Gasteiger partial charge in [-0.3, -0.25) is 4.31 Å². The van der Waals surface area contributed by atoms with Gasteiger partial charge in [-0.25, -0.2) is 32.0 Å². The number of hydrogen-bond acceptors (Lipinski definition) is 16. The molecule has 0 rings (SSSR count). The fraction of sp³-hybridized carbons (Fsp3) is 0. The van der Waals surface area contributed by atoms with Crippen LogP contribution in [0.4, 0.5) is 0 Å². The zero-order chi connectivity index (χ0) is 28.2. The van der Waals surface area contributed by atoms with Crippen molar-refractivity contribution in [2.24, 2.45) is 0 Å². The van der Waals surface area contributed by atoms with E-state index in [9.17, 15) is 46.3 Å². The summed E-state index contributed by atoms with van der Waals surface area (Å²) < 4.78 is 101. The molecule has 0 aliphatic heterocycles. The average molecular weight is 720 g/mol. The van der Waals surface area contributed by atoms with Crippen molar-refractivity contribution in [2.45, 2.75) is 0 Å². The largest absolute Gasteiger partial charge is 1.00 e.